The molecule has 0 rings (SSSR count). The van der Waals surface area contributed by atoms with E-state index < -0.39 is 12.1 Å². The first-order valence-corrected chi connectivity index (χ1v) is 28.8. The van der Waals surface area contributed by atoms with Crippen LogP contribution in [0.3, 0.4) is 0 Å². The molecule has 0 spiro atoms. The van der Waals surface area contributed by atoms with Gasteiger partial charge in [0.15, 0.2) is 0 Å². The summed E-state index contributed by atoms with van der Waals surface area (Å²) in [6.45, 7) is 4.87. The first kappa shape index (κ1) is 63.1. The van der Waals surface area contributed by atoms with Crippen LogP contribution in [-0.4, -0.2) is 47.4 Å². The number of nitrogens with one attached hydrogen (secondary N) is 1. The number of carbonyl (C=O) groups excluding carboxylic acids is 2. The van der Waals surface area contributed by atoms with Crippen LogP contribution in [0.1, 0.15) is 303 Å². The molecule has 0 aromatic heterocycles. The number of amides is 1. The standard InChI is InChI=1S/C59H111NO5/c1-3-5-7-9-11-13-14-33-37-41-45-49-53-59(64)65-54-50-46-42-38-34-31-29-27-25-23-21-19-17-15-16-18-20-22-24-26-28-30-32-36-40-44-48-52-58(63)60-56(55-61)57(62)51-47-43-39-35-12-10-8-6-4-2/h15-16,19,21,47,51,56-57,61-62H,3-14,17-18,20,22-46,48-50,52-55H2,1-2H3,(H,60,63)/b16-15-,21-19-,51-47+. The van der Waals surface area contributed by atoms with E-state index in [9.17, 15) is 19.8 Å². The van der Waals surface area contributed by atoms with Crippen molar-refractivity contribution in [2.75, 3.05) is 13.2 Å². The smallest absolute Gasteiger partial charge is 0.305 e. The Morgan fingerprint density at radius 2 is 0.769 bits per heavy atom. The van der Waals surface area contributed by atoms with Gasteiger partial charge in [-0.05, 0) is 64.2 Å². The molecule has 6 heteroatoms. The lowest BCUT2D eigenvalue weighted by molar-refractivity contribution is -0.143. The number of allylic oxidation sites excluding steroid dienone is 5. The summed E-state index contributed by atoms with van der Waals surface area (Å²) in [5, 5.41) is 22.9. The molecule has 65 heavy (non-hydrogen) atoms. The summed E-state index contributed by atoms with van der Waals surface area (Å²) >= 11 is 0. The first-order chi connectivity index (χ1) is 32.0. The number of unbranched alkanes of at least 4 members (excludes halogenated alkanes) is 38. The summed E-state index contributed by atoms with van der Waals surface area (Å²) in [6, 6.07) is -0.628. The van der Waals surface area contributed by atoms with Gasteiger partial charge >= 0.3 is 5.97 Å². The lowest BCUT2D eigenvalue weighted by Gasteiger charge is -2.20. The van der Waals surface area contributed by atoms with E-state index in [1.54, 1.807) is 6.08 Å². The van der Waals surface area contributed by atoms with Crippen LogP contribution >= 0.6 is 0 Å². The van der Waals surface area contributed by atoms with E-state index in [1.165, 1.54) is 231 Å². The van der Waals surface area contributed by atoms with Crippen molar-refractivity contribution in [1.29, 1.82) is 0 Å². The van der Waals surface area contributed by atoms with Gasteiger partial charge < -0.3 is 20.3 Å². The second kappa shape index (κ2) is 54.7. The highest BCUT2D eigenvalue weighted by Gasteiger charge is 2.18. The maximum Gasteiger partial charge on any atom is 0.305 e. The second-order valence-electron chi connectivity index (χ2n) is 19.6. The van der Waals surface area contributed by atoms with Crippen molar-refractivity contribution in [3.8, 4) is 0 Å². The van der Waals surface area contributed by atoms with Crippen LogP contribution in [0.4, 0.5) is 0 Å². The van der Waals surface area contributed by atoms with Gasteiger partial charge in [0.05, 0.1) is 25.4 Å². The Balaban J connectivity index is 3.41. The molecule has 0 heterocycles. The minimum Gasteiger partial charge on any atom is -0.466 e. The topological polar surface area (TPSA) is 95.9 Å². The third kappa shape index (κ3) is 51.3. The monoisotopic (exact) mass is 914 g/mol. The first-order valence-electron chi connectivity index (χ1n) is 28.8. The molecule has 0 aliphatic carbocycles. The Kier molecular flexibility index (Phi) is 53.1. The molecule has 2 atom stereocenters. The molecular weight excluding hydrogens is 803 g/mol. The maximum absolute atomic E-state index is 12.4. The SMILES string of the molecule is CCCCCCCCC/C=C/C(O)C(CO)NC(=O)CCCCCCCCCCCCC/C=C\C/C=C\CCCCCCCCCCCOC(=O)CCCCCCCCCCCCCC. The third-order valence-corrected chi connectivity index (χ3v) is 13.2. The summed E-state index contributed by atoms with van der Waals surface area (Å²) in [6.07, 6.45) is 67.6. The average Bonchev–Trinajstić information content (AvgIpc) is 3.31. The highest BCUT2D eigenvalue weighted by Crippen LogP contribution is 2.16. The Morgan fingerprint density at radius 1 is 0.431 bits per heavy atom. The number of hydrogen-bond donors (Lipinski definition) is 3. The van der Waals surface area contributed by atoms with Crippen molar-refractivity contribution < 1.29 is 24.5 Å². The van der Waals surface area contributed by atoms with Crippen molar-refractivity contribution >= 4 is 11.9 Å². The van der Waals surface area contributed by atoms with Gasteiger partial charge in [-0.3, -0.25) is 9.59 Å². The van der Waals surface area contributed by atoms with Crippen LogP contribution in [0.15, 0.2) is 36.5 Å². The Hall–Kier alpha value is -1.92. The predicted molar refractivity (Wildman–Crippen MR) is 283 cm³/mol. The largest absolute Gasteiger partial charge is 0.466 e. The lowest BCUT2D eigenvalue weighted by Crippen LogP contribution is -2.45. The van der Waals surface area contributed by atoms with E-state index in [1.807, 2.05) is 6.08 Å². The van der Waals surface area contributed by atoms with Crippen LogP contribution in [0.25, 0.3) is 0 Å². The molecule has 0 aliphatic heterocycles. The molecule has 0 radical (unpaired) electrons. The highest BCUT2D eigenvalue weighted by atomic mass is 16.5. The molecule has 1 amide bonds. The minimum absolute atomic E-state index is 0.0105. The van der Waals surface area contributed by atoms with Crippen molar-refractivity contribution in [3.05, 3.63) is 36.5 Å². The van der Waals surface area contributed by atoms with Crippen molar-refractivity contribution in [2.45, 2.75) is 315 Å². The summed E-state index contributed by atoms with van der Waals surface area (Å²) in [4.78, 5) is 24.4. The summed E-state index contributed by atoms with van der Waals surface area (Å²) in [7, 11) is 0. The summed E-state index contributed by atoms with van der Waals surface area (Å²) < 4.78 is 5.47. The van der Waals surface area contributed by atoms with E-state index >= 15 is 0 Å². The predicted octanol–water partition coefficient (Wildman–Crippen LogP) is 17.6. The second-order valence-corrected chi connectivity index (χ2v) is 19.6. The zero-order valence-electron chi connectivity index (χ0n) is 43.5. The Bertz CT molecular complexity index is 1060. The van der Waals surface area contributed by atoms with E-state index in [4.69, 9.17) is 4.74 Å². The van der Waals surface area contributed by atoms with Crippen LogP contribution in [0.2, 0.25) is 0 Å². The van der Waals surface area contributed by atoms with Gasteiger partial charge in [0.25, 0.3) is 0 Å². The third-order valence-electron chi connectivity index (χ3n) is 13.2. The molecule has 6 nitrogen and oxygen atoms in total. The molecule has 2 unspecified atom stereocenters. The zero-order chi connectivity index (χ0) is 47.2. The van der Waals surface area contributed by atoms with Crippen LogP contribution < -0.4 is 5.32 Å². The van der Waals surface area contributed by atoms with Crippen molar-refractivity contribution in [3.63, 3.8) is 0 Å². The van der Waals surface area contributed by atoms with Gasteiger partial charge in [-0.1, -0.05) is 262 Å². The fourth-order valence-electron chi connectivity index (χ4n) is 8.72. The van der Waals surface area contributed by atoms with E-state index in [2.05, 4.69) is 43.5 Å². The normalized spacial score (nSPS) is 12.9. The molecule has 0 aliphatic rings. The van der Waals surface area contributed by atoms with Gasteiger partial charge in [0.1, 0.15) is 0 Å². The molecule has 0 aromatic rings. The number of carbonyl (C=O) groups is 2. The zero-order valence-corrected chi connectivity index (χ0v) is 43.5. The maximum atomic E-state index is 12.4. The molecule has 382 valence electrons. The Labute approximate surface area is 404 Å². The Morgan fingerprint density at radius 3 is 1.17 bits per heavy atom. The highest BCUT2D eigenvalue weighted by molar-refractivity contribution is 5.76. The number of hydrogen-bond acceptors (Lipinski definition) is 5. The van der Waals surface area contributed by atoms with Gasteiger partial charge in [-0.25, -0.2) is 0 Å². The minimum atomic E-state index is -0.844. The number of aliphatic hydroxyl groups is 2. The van der Waals surface area contributed by atoms with E-state index in [-0.39, 0.29) is 18.5 Å². The number of ether oxygens (including phenoxy) is 1. The molecule has 0 aromatic carbocycles. The fraction of sp³-hybridized carbons (Fsp3) is 0.864. The molecule has 0 fully saturated rings. The van der Waals surface area contributed by atoms with Crippen LogP contribution in [-0.2, 0) is 14.3 Å². The lowest BCUT2D eigenvalue weighted by atomic mass is 10.0. The number of aliphatic hydroxyl groups excluding tert-OH is 2. The molecule has 0 saturated heterocycles. The molecular formula is C59H111NO5. The van der Waals surface area contributed by atoms with Crippen LogP contribution in [0, 0.1) is 0 Å². The van der Waals surface area contributed by atoms with Gasteiger partial charge in [-0.2, -0.15) is 0 Å². The van der Waals surface area contributed by atoms with Gasteiger partial charge in [0, 0.05) is 12.8 Å². The molecule has 0 saturated carbocycles. The summed E-state index contributed by atoms with van der Waals surface area (Å²) in [5.74, 6) is -0.0635. The average molecular weight is 915 g/mol. The van der Waals surface area contributed by atoms with Crippen molar-refractivity contribution in [2.24, 2.45) is 0 Å². The number of rotatable bonds is 53. The van der Waals surface area contributed by atoms with Gasteiger partial charge in [0.2, 0.25) is 5.91 Å². The van der Waals surface area contributed by atoms with Gasteiger partial charge in [-0.15, -0.1) is 0 Å². The fourth-order valence-corrected chi connectivity index (χ4v) is 8.72. The van der Waals surface area contributed by atoms with Crippen LogP contribution in [0.5, 0.6) is 0 Å². The molecule has 3 N–H and O–H groups in total. The van der Waals surface area contributed by atoms with E-state index in [0.717, 1.165) is 44.9 Å². The van der Waals surface area contributed by atoms with Crippen molar-refractivity contribution in [1.82, 2.24) is 5.32 Å². The molecule has 0 bridgehead atoms. The quantitative estimate of drug-likeness (QED) is 0.0321. The van der Waals surface area contributed by atoms with E-state index in [0.29, 0.717) is 19.4 Å². The number of esters is 1. The summed E-state index contributed by atoms with van der Waals surface area (Å²) in [5.41, 5.74) is 0.